The molecule has 0 spiro atoms. The fourth-order valence-corrected chi connectivity index (χ4v) is 3.95. The maximum absolute atomic E-state index is 12.6. The summed E-state index contributed by atoms with van der Waals surface area (Å²) < 4.78 is 7.31. The van der Waals surface area contributed by atoms with Crippen molar-refractivity contribution in [3.05, 3.63) is 58.4 Å². The van der Waals surface area contributed by atoms with Crippen molar-refractivity contribution in [1.29, 1.82) is 0 Å². The van der Waals surface area contributed by atoms with Gasteiger partial charge in [0.1, 0.15) is 6.04 Å². The summed E-state index contributed by atoms with van der Waals surface area (Å²) in [5, 5.41) is 0. The Kier molecular flexibility index (Phi) is 4.61. The lowest BCUT2D eigenvalue weighted by molar-refractivity contribution is -0.146. The second-order valence-corrected chi connectivity index (χ2v) is 7.62. The number of carbonyl (C=O) groups excluding carboxylic acids is 4. The number of rotatable bonds is 6. The molecule has 2 aromatic rings. The molecule has 1 aliphatic heterocycles. The molecule has 7 heteroatoms. The number of Topliss-reactive ketones (excluding diaryl/α,β-unsaturated/α-hetero) is 1. The minimum Gasteiger partial charge on any atom is -0.456 e. The highest BCUT2D eigenvalue weighted by molar-refractivity contribution is 6.22. The Hall–Kier alpha value is -3.22. The van der Waals surface area contributed by atoms with Crippen LogP contribution in [0.3, 0.4) is 0 Å². The molecule has 1 saturated carbocycles. The van der Waals surface area contributed by atoms with Gasteiger partial charge in [0.15, 0.2) is 6.61 Å². The number of nitrogens with zero attached hydrogens (tertiary/aromatic N) is 2. The van der Waals surface area contributed by atoms with E-state index in [2.05, 4.69) is 4.57 Å². The minimum atomic E-state index is -1.12. The number of hydrogen-bond acceptors (Lipinski definition) is 5. The van der Waals surface area contributed by atoms with E-state index in [0.29, 0.717) is 11.6 Å². The van der Waals surface area contributed by atoms with Gasteiger partial charge in [-0.3, -0.25) is 19.3 Å². The van der Waals surface area contributed by atoms with Gasteiger partial charge in [-0.1, -0.05) is 12.1 Å². The fraction of sp³-hybridized carbons (Fsp3) is 0.364. The summed E-state index contributed by atoms with van der Waals surface area (Å²) in [6.45, 7) is 4.84. The van der Waals surface area contributed by atoms with Crippen LogP contribution in [0.25, 0.3) is 0 Å². The Morgan fingerprint density at radius 1 is 1.10 bits per heavy atom. The first-order valence-electron chi connectivity index (χ1n) is 9.66. The van der Waals surface area contributed by atoms with E-state index >= 15 is 0 Å². The Bertz CT molecular complexity index is 1010. The minimum absolute atomic E-state index is 0.265. The molecule has 0 radical (unpaired) electrons. The zero-order valence-electron chi connectivity index (χ0n) is 16.6. The predicted octanol–water partition coefficient (Wildman–Crippen LogP) is 2.85. The van der Waals surface area contributed by atoms with Crippen LogP contribution in [0.4, 0.5) is 0 Å². The number of ketones is 1. The standard InChI is InChI=1S/C22H22N2O5/c1-12-10-18(13(2)23(12)15-8-9-15)19(25)11-29-22(28)14(3)24-20(26)16-6-4-5-7-17(16)21(24)27/h4-7,10,14-15H,8-9,11H2,1-3H3/t14-/m0/s1. The van der Waals surface area contributed by atoms with Gasteiger partial charge in [0.2, 0.25) is 5.78 Å². The molecule has 2 amide bonds. The molecule has 0 saturated heterocycles. The lowest BCUT2D eigenvalue weighted by atomic mass is 10.1. The van der Waals surface area contributed by atoms with E-state index in [1.807, 2.05) is 19.9 Å². The molecule has 0 N–H and O–H groups in total. The molecule has 1 aromatic carbocycles. The van der Waals surface area contributed by atoms with E-state index in [0.717, 1.165) is 29.1 Å². The van der Waals surface area contributed by atoms with Crippen LogP contribution in [0.15, 0.2) is 30.3 Å². The van der Waals surface area contributed by atoms with Crippen molar-refractivity contribution in [1.82, 2.24) is 9.47 Å². The summed E-state index contributed by atoms with van der Waals surface area (Å²) in [7, 11) is 0. The first-order chi connectivity index (χ1) is 13.8. The molecular formula is C22H22N2O5. The molecule has 4 rings (SSSR count). The lowest BCUT2D eigenvalue weighted by Gasteiger charge is -2.20. The first kappa shape index (κ1) is 19.1. The number of amides is 2. The third kappa shape index (κ3) is 3.16. The van der Waals surface area contributed by atoms with Crippen LogP contribution in [0.5, 0.6) is 0 Å². The Labute approximate surface area is 168 Å². The molecular weight excluding hydrogens is 372 g/mol. The average molecular weight is 394 g/mol. The summed E-state index contributed by atoms with van der Waals surface area (Å²) in [6, 6.07) is 7.57. The van der Waals surface area contributed by atoms with Gasteiger partial charge in [0.05, 0.1) is 11.1 Å². The van der Waals surface area contributed by atoms with Gasteiger partial charge in [0, 0.05) is 23.0 Å². The molecule has 1 aromatic heterocycles. The van der Waals surface area contributed by atoms with Crippen molar-refractivity contribution in [2.24, 2.45) is 0 Å². The van der Waals surface area contributed by atoms with Gasteiger partial charge < -0.3 is 9.30 Å². The number of aromatic nitrogens is 1. The normalized spacial score (nSPS) is 16.7. The third-order valence-electron chi connectivity index (χ3n) is 5.60. The van der Waals surface area contributed by atoms with E-state index in [1.165, 1.54) is 6.92 Å². The maximum atomic E-state index is 12.6. The van der Waals surface area contributed by atoms with Gasteiger partial charge in [-0.2, -0.15) is 0 Å². The van der Waals surface area contributed by atoms with E-state index in [1.54, 1.807) is 24.3 Å². The summed E-state index contributed by atoms with van der Waals surface area (Å²) in [6.07, 6.45) is 2.22. The van der Waals surface area contributed by atoms with Crippen LogP contribution in [0.2, 0.25) is 0 Å². The van der Waals surface area contributed by atoms with Crippen molar-refractivity contribution in [3.63, 3.8) is 0 Å². The van der Waals surface area contributed by atoms with Crippen LogP contribution in [0, 0.1) is 13.8 Å². The van der Waals surface area contributed by atoms with Gasteiger partial charge >= 0.3 is 5.97 Å². The molecule has 0 bridgehead atoms. The molecule has 1 atom stereocenters. The molecule has 29 heavy (non-hydrogen) atoms. The quantitative estimate of drug-likeness (QED) is 0.427. The zero-order valence-corrected chi connectivity index (χ0v) is 16.6. The SMILES string of the molecule is Cc1cc(C(=O)COC(=O)[C@H](C)N2C(=O)c3ccccc3C2=O)c(C)n1C1CC1. The molecule has 7 nitrogen and oxygen atoms in total. The van der Waals surface area contributed by atoms with E-state index in [-0.39, 0.29) is 16.9 Å². The smallest absolute Gasteiger partial charge is 0.329 e. The number of imide groups is 1. The number of aryl methyl sites for hydroxylation is 1. The van der Waals surface area contributed by atoms with E-state index < -0.39 is 30.4 Å². The zero-order chi connectivity index (χ0) is 20.9. The third-order valence-corrected chi connectivity index (χ3v) is 5.60. The Balaban J connectivity index is 1.43. The highest BCUT2D eigenvalue weighted by Gasteiger charge is 2.41. The molecule has 0 unspecified atom stereocenters. The highest BCUT2D eigenvalue weighted by Crippen LogP contribution is 2.38. The molecule has 1 fully saturated rings. The van der Waals surface area contributed by atoms with Gasteiger partial charge in [-0.05, 0) is 51.8 Å². The summed E-state index contributed by atoms with van der Waals surface area (Å²) in [4.78, 5) is 50.9. The second kappa shape index (κ2) is 6.99. The van der Waals surface area contributed by atoms with Crippen LogP contribution >= 0.6 is 0 Å². The Morgan fingerprint density at radius 2 is 1.69 bits per heavy atom. The highest BCUT2D eigenvalue weighted by atomic mass is 16.5. The maximum Gasteiger partial charge on any atom is 0.329 e. The first-order valence-corrected chi connectivity index (χ1v) is 9.66. The summed E-state index contributed by atoms with van der Waals surface area (Å²) in [5.74, 6) is -2.15. The lowest BCUT2D eigenvalue weighted by Crippen LogP contribution is -2.44. The topological polar surface area (TPSA) is 85.7 Å². The second-order valence-electron chi connectivity index (χ2n) is 7.62. The van der Waals surface area contributed by atoms with Crippen molar-refractivity contribution < 1.29 is 23.9 Å². The van der Waals surface area contributed by atoms with Crippen molar-refractivity contribution in [2.75, 3.05) is 6.61 Å². The number of hydrogen-bond donors (Lipinski definition) is 0. The number of benzene rings is 1. The monoisotopic (exact) mass is 394 g/mol. The molecule has 1 aliphatic carbocycles. The molecule has 2 heterocycles. The van der Waals surface area contributed by atoms with Crippen LogP contribution < -0.4 is 0 Å². The summed E-state index contributed by atoms with van der Waals surface area (Å²) in [5.41, 5.74) is 2.95. The number of fused-ring (bicyclic) bond motifs is 1. The van der Waals surface area contributed by atoms with Crippen molar-refractivity contribution in [2.45, 2.75) is 45.7 Å². The summed E-state index contributed by atoms with van der Waals surface area (Å²) >= 11 is 0. The van der Waals surface area contributed by atoms with Crippen LogP contribution in [0.1, 0.15) is 68.3 Å². The predicted molar refractivity (Wildman–Crippen MR) is 104 cm³/mol. The number of esters is 1. The van der Waals surface area contributed by atoms with Crippen molar-refractivity contribution in [3.8, 4) is 0 Å². The van der Waals surface area contributed by atoms with Gasteiger partial charge in [0.25, 0.3) is 11.8 Å². The number of carbonyl (C=O) groups is 4. The van der Waals surface area contributed by atoms with Crippen LogP contribution in [-0.2, 0) is 9.53 Å². The van der Waals surface area contributed by atoms with E-state index in [4.69, 9.17) is 4.74 Å². The number of ether oxygens (including phenoxy) is 1. The van der Waals surface area contributed by atoms with E-state index in [9.17, 15) is 19.2 Å². The van der Waals surface area contributed by atoms with Gasteiger partial charge in [-0.25, -0.2) is 4.79 Å². The molecule has 2 aliphatic rings. The average Bonchev–Trinajstić information content (AvgIpc) is 3.45. The van der Waals surface area contributed by atoms with Crippen LogP contribution in [-0.4, -0.2) is 45.7 Å². The van der Waals surface area contributed by atoms with Crippen molar-refractivity contribution >= 4 is 23.6 Å². The van der Waals surface area contributed by atoms with Gasteiger partial charge in [-0.15, -0.1) is 0 Å². The molecule has 150 valence electrons. The largest absolute Gasteiger partial charge is 0.456 e. The Morgan fingerprint density at radius 3 is 2.24 bits per heavy atom. The fourth-order valence-electron chi connectivity index (χ4n) is 3.95.